The molecule has 0 radical (unpaired) electrons. The second-order valence-electron chi connectivity index (χ2n) is 6.76. The van der Waals surface area contributed by atoms with E-state index in [1.165, 1.54) is 0 Å². The van der Waals surface area contributed by atoms with E-state index in [0.717, 1.165) is 6.42 Å². The summed E-state index contributed by atoms with van der Waals surface area (Å²) in [6.45, 7) is 4.05. The van der Waals surface area contributed by atoms with Gasteiger partial charge in [0.05, 0.1) is 5.41 Å². The molecule has 2 bridgehead atoms. The van der Waals surface area contributed by atoms with Crippen molar-refractivity contribution in [1.29, 1.82) is 0 Å². The lowest BCUT2D eigenvalue weighted by molar-refractivity contribution is -0.128. The van der Waals surface area contributed by atoms with Crippen molar-refractivity contribution >= 4 is 38.5 Å². The maximum Gasteiger partial charge on any atom is 0.322 e. The normalized spacial score (nSPS) is 31.2. The summed E-state index contributed by atoms with van der Waals surface area (Å²) < 4.78 is 29.8. The van der Waals surface area contributed by atoms with E-state index < -0.39 is 18.8 Å². The molecule has 2 aliphatic rings. The van der Waals surface area contributed by atoms with Gasteiger partial charge in [-0.15, -0.1) is 0 Å². The third-order valence-electron chi connectivity index (χ3n) is 5.58. The molecule has 2 aliphatic carbocycles. The van der Waals surface area contributed by atoms with Crippen LogP contribution in [0.5, 0.6) is 5.75 Å². The molecule has 0 amide bonds. The van der Waals surface area contributed by atoms with Gasteiger partial charge in [-0.25, -0.2) is 0 Å². The Morgan fingerprint density at radius 2 is 1.91 bits per heavy atom. The van der Waals surface area contributed by atoms with Gasteiger partial charge in [0.1, 0.15) is 11.5 Å². The topological polar surface area (TPSA) is 60.4 Å². The predicted octanol–water partition coefficient (Wildman–Crippen LogP) is 3.55. The Morgan fingerprint density at radius 3 is 2.41 bits per heavy atom. The average Bonchev–Trinajstić information content (AvgIpc) is 2.81. The highest BCUT2D eigenvalue weighted by Crippen LogP contribution is 2.67. The number of carbonyl (C=O) groups excluding carboxylic acids is 1. The van der Waals surface area contributed by atoms with Gasteiger partial charge in [-0.2, -0.15) is 8.42 Å². The standard InChI is InChI=1S/C16H19IO4S/c1-15(2)11-8-9-16(15,13(18)10-11)14(17)22(19,20)21-12-6-4-3-5-7-12/h3-7,11,14H,8-10H2,1-2H3. The summed E-state index contributed by atoms with van der Waals surface area (Å²) >= 11 is 1.90. The van der Waals surface area contributed by atoms with Crippen LogP contribution in [0.15, 0.2) is 30.3 Å². The maximum absolute atomic E-state index is 12.7. The number of benzene rings is 1. The highest BCUT2D eigenvalue weighted by atomic mass is 127. The van der Waals surface area contributed by atoms with Crippen molar-refractivity contribution in [3.8, 4) is 5.75 Å². The molecule has 0 heterocycles. The first kappa shape index (κ1) is 16.2. The molecule has 6 heteroatoms. The number of ketones is 1. The van der Waals surface area contributed by atoms with E-state index in [-0.39, 0.29) is 17.1 Å². The summed E-state index contributed by atoms with van der Waals surface area (Å²) in [6, 6.07) is 8.46. The Labute approximate surface area is 144 Å². The van der Waals surface area contributed by atoms with Crippen molar-refractivity contribution in [3.05, 3.63) is 30.3 Å². The van der Waals surface area contributed by atoms with Gasteiger partial charge in [-0.05, 0) is 36.3 Å². The van der Waals surface area contributed by atoms with Gasteiger partial charge >= 0.3 is 10.1 Å². The van der Waals surface area contributed by atoms with Crippen molar-refractivity contribution in [2.24, 2.45) is 16.7 Å². The third kappa shape index (κ3) is 2.13. The maximum atomic E-state index is 12.7. The van der Waals surface area contributed by atoms with E-state index in [9.17, 15) is 13.2 Å². The zero-order chi connectivity index (χ0) is 16.2. The monoisotopic (exact) mass is 434 g/mol. The van der Waals surface area contributed by atoms with Crippen LogP contribution >= 0.6 is 22.6 Å². The van der Waals surface area contributed by atoms with Gasteiger partial charge in [0.25, 0.3) is 0 Å². The summed E-state index contributed by atoms with van der Waals surface area (Å²) in [5, 5.41) is 0. The Bertz CT molecular complexity index is 698. The number of hydrogen-bond donors (Lipinski definition) is 0. The van der Waals surface area contributed by atoms with Crippen LogP contribution < -0.4 is 4.18 Å². The van der Waals surface area contributed by atoms with E-state index in [4.69, 9.17) is 4.18 Å². The summed E-state index contributed by atoms with van der Waals surface area (Å²) in [4.78, 5) is 12.6. The number of para-hydroxylation sites is 1. The van der Waals surface area contributed by atoms with E-state index in [0.29, 0.717) is 18.6 Å². The molecule has 2 saturated carbocycles. The third-order valence-corrected chi connectivity index (χ3v) is 9.85. The van der Waals surface area contributed by atoms with Crippen LogP contribution in [0.25, 0.3) is 0 Å². The molecular formula is C16H19IO4S. The minimum absolute atomic E-state index is 0.0772. The van der Waals surface area contributed by atoms with Crippen LogP contribution in [-0.4, -0.2) is 17.5 Å². The van der Waals surface area contributed by atoms with Crippen molar-refractivity contribution in [2.45, 2.75) is 36.4 Å². The van der Waals surface area contributed by atoms with E-state index in [1.54, 1.807) is 30.3 Å². The number of Topliss-reactive ketones (excluding diaryl/α,β-unsaturated/α-hetero) is 1. The molecular weight excluding hydrogens is 415 g/mol. The molecule has 0 aromatic heterocycles. The van der Waals surface area contributed by atoms with Crippen molar-refractivity contribution < 1.29 is 17.4 Å². The van der Waals surface area contributed by atoms with Crippen LogP contribution in [0.2, 0.25) is 0 Å². The van der Waals surface area contributed by atoms with Crippen LogP contribution in [0.3, 0.4) is 0 Å². The van der Waals surface area contributed by atoms with Gasteiger partial charge < -0.3 is 4.18 Å². The van der Waals surface area contributed by atoms with Crippen molar-refractivity contribution in [2.75, 3.05) is 0 Å². The minimum Gasteiger partial charge on any atom is -0.382 e. The molecule has 4 nitrogen and oxygen atoms in total. The molecule has 3 atom stereocenters. The first-order chi connectivity index (χ1) is 10.2. The Morgan fingerprint density at radius 1 is 1.27 bits per heavy atom. The molecule has 0 spiro atoms. The molecule has 0 saturated heterocycles. The molecule has 0 aliphatic heterocycles. The smallest absolute Gasteiger partial charge is 0.322 e. The van der Waals surface area contributed by atoms with Gasteiger partial charge in [-0.3, -0.25) is 4.79 Å². The number of halogens is 1. The number of alkyl halides is 1. The molecule has 1 aromatic carbocycles. The highest BCUT2D eigenvalue weighted by Gasteiger charge is 2.69. The van der Waals surface area contributed by atoms with Gasteiger partial charge in [0.15, 0.2) is 3.26 Å². The lowest BCUT2D eigenvalue weighted by Gasteiger charge is -2.39. The van der Waals surface area contributed by atoms with E-state index >= 15 is 0 Å². The minimum atomic E-state index is -3.88. The molecule has 0 N–H and O–H groups in total. The lowest BCUT2D eigenvalue weighted by Crippen LogP contribution is -2.48. The summed E-state index contributed by atoms with van der Waals surface area (Å²) in [6.07, 6.45) is 2.04. The van der Waals surface area contributed by atoms with Gasteiger partial charge in [0, 0.05) is 6.42 Å². The molecule has 3 rings (SSSR count). The zero-order valence-corrected chi connectivity index (χ0v) is 15.6. The second kappa shape index (κ2) is 5.19. The summed E-state index contributed by atoms with van der Waals surface area (Å²) in [5.74, 6) is 0.649. The fraction of sp³-hybridized carbons (Fsp3) is 0.562. The number of carbonyl (C=O) groups is 1. The average molecular weight is 434 g/mol. The van der Waals surface area contributed by atoms with E-state index in [1.807, 2.05) is 36.4 Å². The van der Waals surface area contributed by atoms with Crippen LogP contribution in [-0.2, 0) is 14.9 Å². The summed E-state index contributed by atoms with van der Waals surface area (Å²) in [5.41, 5.74) is -1.13. The lowest BCUT2D eigenvalue weighted by atomic mass is 9.70. The SMILES string of the molecule is CC1(C)C2CCC1(C(I)S(=O)(=O)Oc1ccccc1)C(=O)C2. The van der Waals surface area contributed by atoms with Gasteiger partial charge in [-0.1, -0.05) is 54.6 Å². The Kier molecular flexibility index (Phi) is 3.83. The first-order valence-corrected chi connectivity index (χ1v) is 10.1. The van der Waals surface area contributed by atoms with Gasteiger partial charge in [0.2, 0.25) is 0 Å². The zero-order valence-electron chi connectivity index (χ0n) is 12.6. The molecule has 2 fully saturated rings. The number of fused-ring (bicyclic) bond motifs is 2. The second-order valence-corrected chi connectivity index (χ2v) is 10.5. The van der Waals surface area contributed by atoms with Crippen LogP contribution in [0.4, 0.5) is 0 Å². The van der Waals surface area contributed by atoms with Crippen molar-refractivity contribution in [1.82, 2.24) is 0 Å². The van der Waals surface area contributed by atoms with Crippen molar-refractivity contribution in [3.63, 3.8) is 0 Å². The highest BCUT2D eigenvalue weighted by molar-refractivity contribution is 14.1. The van der Waals surface area contributed by atoms with Crippen LogP contribution in [0, 0.1) is 16.7 Å². The summed E-state index contributed by atoms with van der Waals surface area (Å²) in [7, 11) is -3.88. The molecule has 1 aromatic rings. The largest absolute Gasteiger partial charge is 0.382 e. The molecule has 3 unspecified atom stereocenters. The predicted molar refractivity (Wildman–Crippen MR) is 92.4 cm³/mol. The number of hydrogen-bond acceptors (Lipinski definition) is 4. The first-order valence-electron chi connectivity index (χ1n) is 7.37. The van der Waals surface area contributed by atoms with Crippen LogP contribution in [0.1, 0.15) is 33.1 Å². The Balaban J connectivity index is 1.96. The molecule has 120 valence electrons. The fourth-order valence-electron chi connectivity index (χ4n) is 4.14. The quantitative estimate of drug-likeness (QED) is 0.413. The Hall–Kier alpha value is -0.630. The number of rotatable bonds is 4. The van der Waals surface area contributed by atoms with E-state index in [2.05, 4.69) is 0 Å². The fourth-order valence-corrected chi connectivity index (χ4v) is 7.42. The molecule has 22 heavy (non-hydrogen) atoms.